The third kappa shape index (κ3) is 1.74. The van der Waals surface area contributed by atoms with Crippen LogP contribution < -0.4 is 5.73 Å². The first-order valence-corrected chi connectivity index (χ1v) is 5.31. The normalized spacial score (nSPS) is 10.6. The van der Waals surface area contributed by atoms with E-state index < -0.39 is 0 Å². The molecule has 0 bridgehead atoms. The fourth-order valence-electron chi connectivity index (χ4n) is 1.33. The Bertz CT molecular complexity index is 504. The summed E-state index contributed by atoms with van der Waals surface area (Å²) in [5.74, 6) is 0.808. The molecular weight excluding hydrogens is 256 g/mol. The minimum absolute atomic E-state index is 0.639. The lowest BCUT2D eigenvalue weighted by Gasteiger charge is -2.07. The highest BCUT2D eigenvalue weighted by atomic mass is 79.9. The fourth-order valence-corrected chi connectivity index (χ4v) is 1.89. The minimum Gasteiger partial charge on any atom is -0.397 e. The zero-order valence-electron chi connectivity index (χ0n) is 8.53. The van der Waals surface area contributed by atoms with Crippen molar-refractivity contribution >= 4 is 21.6 Å². The van der Waals surface area contributed by atoms with Gasteiger partial charge in [0.05, 0.1) is 22.1 Å². The average Bonchev–Trinajstić information content (AvgIpc) is 2.49. The van der Waals surface area contributed by atoms with Gasteiger partial charge in [0.1, 0.15) is 6.33 Å². The summed E-state index contributed by atoms with van der Waals surface area (Å²) in [6, 6.07) is 1.83. The maximum atomic E-state index is 5.63. The first kappa shape index (κ1) is 10.2. The molecule has 0 aliphatic rings. The van der Waals surface area contributed by atoms with Crippen LogP contribution >= 0.6 is 15.9 Å². The summed E-state index contributed by atoms with van der Waals surface area (Å²) in [5, 5.41) is 0. The minimum atomic E-state index is 0.639. The predicted molar refractivity (Wildman–Crippen MR) is 62.9 cm³/mol. The molecule has 0 amide bonds. The van der Waals surface area contributed by atoms with Crippen LogP contribution in [0.2, 0.25) is 0 Å². The third-order valence-corrected chi connectivity index (χ3v) is 2.91. The molecule has 5 heteroatoms. The maximum absolute atomic E-state index is 5.63. The lowest BCUT2D eigenvalue weighted by atomic mass is 10.3. The molecule has 0 aliphatic carbocycles. The summed E-state index contributed by atoms with van der Waals surface area (Å²) in [7, 11) is 0. The van der Waals surface area contributed by atoms with Gasteiger partial charge in [-0.05, 0) is 35.8 Å². The van der Waals surface area contributed by atoms with Crippen molar-refractivity contribution < 1.29 is 0 Å². The number of aromatic nitrogens is 3. The van der Waals surface area contributed by atoms with Crippen LogP contribution in [0.15, 0.2) is 23.1 Å². The van der Waals surface area contributed by atoms with Crippen LogP contribution in [-0.4, -0.2) is 14.5 Å². The van der Waals surface area contributed by atoms with Crippen molar-refractivity contribution in [3.05, 3.63) is 34.5 Å². The number of nitrogens with zero attached hydrogens (tertiary/aromatic N) is 3. The second-order valence-electron chi connectivity index (χ2n) is 3.36. The number of anilines is 1. The van der Waals surface area contributed by atoms with Crippen LogP contribution in [0.4, 0.5) is 5.69 Å². The molecule has 0 radical (unpaired) electrons. The van der Waals surface area contributed by atoms with Gasteiger partial charge in [0.2, 0.25) is 0 Å². The Hall–Kier alpha value is -1.36. The van der Waals surface area contributed by atoms with E-state index in [0.29, 0.717) is 5.69 Å². The Morgan fingerprint density at radius 3 is 2.60 bits per heavy atom. The van der Waals surface area contributed by atoms with Gasteiger partial charge >= 0.3 is 0 Å². The van der Waals surface area contributed by atoms with E-state index in [2.05, 4.69) is 25.9 Å². The number of nitrogens with two attached hydrogens (primary N) is 1. The lowest BCUT2D eigenvalue weighted by Crippen LogP contribution is -2.00. The highest BCUT2D eigenvalue weighted by molar-refractivity contribution is 9.10. The van der Waals surface area contributed by atoms with Gasteiger partial charge < -0.3 is 5.73 Å². The van der Waals surface area contributed by atoms with Gasteiger partial charge in [-0.3, -0.25) is 4.57 Å². The van der Waals surface area contributed by atoms with Crippen LogP contribution in [0.3, 0.4) is 0 Å². The zero-order valence-corrected chi connectivity index (χ0v) is 10.1. The van der Waals surface area contributed by atoms with Crippen LogP contribution in [-0.2, 0) is 0 Å². The molecule has 0 spiro atoms. The van der Waals surface area contributed by atoms with E-state index in [1.54, 1.807) is 12.5 Å². The summed E-state index contributed by atoms with van der Waals surface area (Å²) in [6.07, 6.45) is 3.39. The first-order valence-electron chi connectivity index (χ1n) is 4.51. The lowest BCUT2D eigenvalue weighted by molar-refractivity contribution is 0.944. The van der Waals surface area contributed by atoms with Crippen molar-refractivity contribution in [2.24, 2.45) is 0 Å². The van der Waals surface area contributed by atoms with E-state index in [1.807, 2.05) is 24.5 Å². The highest BCUT2D eigenvalue weighted by Gasteiger charge is 2.08. The molecule has 78 valence electrons. The number of nitrogen functional groups attached to an aromatic ring is 1. The van der Waals surface area contributed by atoms with Gasteiger partial charge in [0.25, 0.3) is 0 Å². The molecule has 2 aromatic heterocycles. The van der Waals surface area contributed by atoms with E-state index in [1.165, 1.54) is 0 Å². The summed E-state index contributed by atoms with van der Waals surface area (Å²) in [4.78, 5) is 8.50. The number of imidazole rings is 1. The Morgan fingerprint density at radius 1 is 1.33 bits per heavy atom. The van der Waals surface area contributed by atoms with E-state index in [4.69, 9.17) is 5.73 Å². The number of pyridine rings is 1. The van der Waals surface area contributed by atoms with Crippen molar-refractivity contribution in [2.75, 3.05) is 5.73 Å². The van der Waals surface area contributed by atoms with E-state index in [-0.39, 0.29) is 0 Å². The fraction of sp³-hybridized carbons (Fsp3) is 0.200. The Labute approximate surface area is 96.3 Å². The topological polar surface area (TPSA) is 56.7 Å². The second kappa shape index (κ2) is 3.66. The molecule has 0 aliphatic heterocycles. The standard InChI is InChI=1S/C10H11BrN4/c1-6-7(2)15(5-14-6)10-9(11)3-8(12)4-13-10/h3-5H,12H2,1-2H3. The number of hydrogen-bond donors (Lipinski definition) is 1. The van der Waals surface area contributed by atoms with Crippen LogP contribution in [0.1, 0.15) is 11.4 Å². The van der Waals surface area contributed by atoms with E-state index in [9.17, 15) is 0 Å². The van der Waals surface area contributed by atoms with Crippen molar-refractivity contribution in [2.45, 2.75) is 13.8 Å². The smallest absolute Gasteiger partial charge is 0.152 e. The molecule has 0 saturated carbocycles. The summed E-state index contributed by atoms with van der Waals surface area (Å²) >= 11 is 3.44. The van der Waals surface area contributed by atoms with Gasteiger partial charge in [0.15, 0.2) is 5.82 Å². The molecule has 0 atom stereocenters. The molecule has 0 unspecified atom stereocenters. The zero-order chi connectivity index (χ0) is 11.0. The van der Waals surface area contributed by atoms with E-state index >= 15 is 0 Å². The molecule has 2 aromatic rings. The van der Waals surface area contributed by atoms with Gasteiger partial charge in [-0.15, -0.1) is 0 Å². The average molecular weight is 267 g/mol. The molecule has 15 heavy (non-hydrogen) atoms. The molecule has 0 fully saturated rings. The molecule has 2 heterocycles. The number of halogens is 1. The largest absolute Gasteiger partial charge is 0.397 e. The molecule has 4 nitrogen and oxygen atoms in total. The van der Waals surface area contributed by atoms with Crippen LogP contribution in [0.25, 0.3) is 5.82 Å². The van der Waals surface area contributed by atoms with Gasteiger partial charge in [-0.1, -0.05) is 0 Å². The summed E-state index contributed by atoms with van der Waals surface area (Å²) in [5.41, 5.74) is 8.35. The highest BCUT2D eigenvalue weighted by Crippen LogP contribution is 2.22. The number of hydrogen-bond acceptors (Lipinski definition) is 3. The van der Waals surface area contributed by atoms with Gasteiger partial charge in [-0.25, -0.2) is 9.97 Å². The molecule has 2 rings (SSSR count). The van der Waals surface area contributed by atoms with Crippen molar-refractivity contribution in [3.8, 4) is 5.82 Å². The number of aryl methyl sites for hydroxylation is 1. The Balaban J connectivity index is 2.59. The van der Waals surface area contributed by atoms with Crippen molar-refractivity contribution in [1.82, 2.24) is 14.5 Å². The Morgan fingerprint density at radius 2 is 2.07 bits per heavy atom. The quantitative estimate of drug-likeness (QED) is 0.861. The summed E-state index contributed by atoms with van der Waals surface area (Å²) < 4.78 is 2.79. The van der Waals surface area contributed by atoms with Crippen molar-refractivity contribution in [3.63, 3.8) is 0 Å². The van der Waals surface area contributed by atoms with Crippen molar-refractivity contribution in [1.29, 1.82) is 0 Å². The van der Waals surface area contributed by atoms with Gasteiger partial charge in [-0.2, -0.15) is 0 Å². The molecule has 0 saturated heterocycles. The van der Waals surface area contributed by atoms with E-state index in [0.717, 1.165) is 21.7 Å². The molecule has 0 aromatic carbocycles. The first-order chi connectivity index (χ1) is 7.09. The number of rotatable bonds is 1. The second-order valence-corrected chi connectivity index (χ2v) is 4.21. The monoisotopic (exact) mass is 266 g/mol. The maximum Gasteiger partial charge on any atom is 0.152 e. The van der Waals surface area contributed by atoms with Crippen LogP contribution in [0.5, 0.6) is 0 Å². The molecular formula is C10H11BrN4. The SMILES string of the molecule is Cc1ncn(-c2ncc(N)cc2Br)c1C. The molecule has 2 N–H and O–H groups in total. The predicted octanol–water partition coefficient (Wildman–Crippen LogP) is 2.23. The van der Waals surface area contributed by atoms with Gasteiger partial charge in [0, 0.05) is 5.69 Å². The summed E-state index contributed by atoms with van der Waals surface area (Å²) in [6.45, 7) is 3.98. The Kier molecular flexibility index (Phi) is 2.48. The third-order valence-electron chi connectivity index (χ3n) is 2.32. The van der Waals surface area contributed by atoms with Crippen LogP contribution in [0, 0.1) is 13.8 Å².